The molecular formula is C24H25N3OS2. The normalized spacial score (nSPS) is 11.1. The lowest BCUT2D eigenvalue weighted by molar-refractivity contribution is 0.415. The average molecular weight is 436 g/mol. The van der Waals surface area contributed by atoms with E-state index in [9.17, 15) is 0 Å². The largest absolute Gasteiger partial charge is 0.497 e. The Bertz CT molecular complexity index is 1110. The first-order valence-electron chi connectivity index (χ1n) is 10.0. The van der Waals surface area contributed by atoms with Crippen LogP contribution in [0.3, 0.4) is 0 Å². The number of hydrogen-bond acceptors (Lipinski definition) is 5. The minimum absolute atomic E-state index is 0.793. The maximum absolute atomic E-state index is 5.29. The molecule has 154 valence electrons. The maximum Gasteiger partial charge on any atom is 0.166 e. The van der Waals surface area contributed by atoms with Gasteiger partial charge >= 0.3 is 0 Å². The molecule has 0 bridgehead atoms. The molecule has 0 aliphatic rings. The van der Waals surface area contributed by atoms with E-state index in [0.29, 0.717) is 0 Å². The van der Waals surface area contributed by atoms with E-state index in [2.05, 4.69) is 58.3 Å². The summed E-state index contributed by atoms with van der Waals surface area (Å²) in [4.78, 5) is 14.0. The van der Waals surface area contributed by atoms with Crippen molar-refractivity contribution >= 4 is 34.6 Å². The molecule has 0 aliphatic carbocycles. The van der Waals surface area contributed by atoms with Gasteiger partial charge in [0.2, 0.25) is 0 Å². The van der Waals surface area contributed by atoms with Crippen LogP contribution in [0.5, 0.6) is 5.75 Å². The zero-order valence-electron chi connectivity index (χ0n) is 17.2. The van der Waals surface area contributed by atoms with Gasteiger partial charge in [-0.25, -0.2) is 4.98 Å². The number of nitrogens with zero attached hydrogens (tertiary/aromatic N) is 2. The molecule has 0 saturated carbocycles. The van der Waals surface area contributed by atoms with Crippen molar-refractivity contribution in [2.45, 2.75) is 35.6 Å². The Labute approximate surface area is 185 Å². The van der Waals surface area contributed by atoms with Crippen LogP contribution in [0.15, 0.2) is 70.8 Å². The number of ether oxygens (including phenoxy) is 1. The van der Waals surface area contributed by atoms with E-state index in [0.717, 1.165) is 45.6 Å². The van der Waals surface area contributed by atoms with Gasteiger partial charge in [0, 0.05) is 22.9 Å². The second-order valence-electron chi connectivity index (χ2n) is 7.03. The van der Waals surface area contributed by atoms with Gasteiger partial charge < -0.3 is 9.72 Å². The van der Waals surface area contributed by atoms with E-state index in [1.165, 1.54) is 22.4 Å². The van der Waals surface area contributed by atoms with Crippen LogP contribution in [-0.2, 0) is 12.2 Å². The molecule has 0 saturated heterocycles. The van der Waals surface area contributed by atoms with Gasteiger partial charge in [-0.3, -0.25) is 4.98 Å². The molecule has 0 fully saturated rings. The van der Waals surface area contributed by atoms with E-state index in [-0.39, 0.29) is 0 Å². The maximum atomic E-state index is 5.29. The van der Waals surface area contributed by atoms with Crippen LogP contribution in [0.4, 0.5) is 0 Å². The van der Waals surface area contributed by atoms with Crippen LogP contribution < -0.4 is 4.74 Å². The van der Waals surface area contributed by atoms with E-state index >= 15 is 0 Å². The fraction of sp³-hybridized carbons (Fsp3) is 0.250. The number of rotatable bonds is 9. The molecule has 0 radical (unpaired) electrons. The SMILES string of the molecule is COc1ccc2nc(SCc3nccc(SCCCc4ccccc4)c3C)[nH]c2c1. The molecule has 0 spiro atoms. The first kappa shape index (κ1) is 20.8. The summed E-state index contributed by atoms with van der Waals surface area (Å²) in [6, 6.07) is 18.7. The molecule has 4 aromatic rings. The monoisotopic (exact) mass is 435 g/mol. The fourth-order valence-electron chi connectivity index (χ4n) is 3.26. The minimum Gasteiger partial charge on any atom is -0.497 e. The van der Waals surface area contributed by atoms with Crippen molar-refractivity contribution in [3.8, 4) is 5.75 Å². The first-order chi connectivity index (χ1) is 14.7. The molecule has 6 heteroatoms. The van der Waals surface area contributed by atoms with Crippen LogP contribution in [0, 0.1) is 6.92 Å². The van der Waals surface area contributed by atoms with Gasteiger partial charge in [-0.2, -0.15) is 0 Å². The lowest BCUT2D eigenvalue weighted by Gasteiger charge is -2.09. The summed E-state index contributed by atoms with van der Waals surface area (Å²) in [5, 5.41) is 0.903. The summed E-state index contributed by atoms with van der Waals surface area (Å²) >= 11 is 3.61. The third kappa shape index (κ3) is 5.18. The predicted molar refractivity (Wildman–Crippen MR) is 127 cm³/mol. The zero-order valence-corrected chi connectivity index (χ0v) is 18.9. The van der Waals surface area contributed by atoms with Gasteiger partial charge in [-0.15, -0.1) is 11.8 Å². The Balaban J connectivity index is 1.34. The highest BCUT2D eigenvalue weighted by atomic mass is 32.2. The van der Waals surface area contributed by atoms with Crippen LogP contribution in [0.25, 0.3) is 11.0 Å². The highest BCUT2D eigenvalue weighted by Gasteiger charge is 2.10. The van der Waals surface area contributed by atoms with E-state index < -0.39 is 0 Å². The Hall–Kier alpha value is -2.44. The van der Waals surface area contributed by atoms with Crippen LogP contribution >= 0.6 is 23.5 Å². The number of hydrogen-bond donors (Lipinski definition) is 1. The van der Waals surface area contributed by atoms with Crippen molar-refractivity contribution in [1.29, 1.82) is 0 Å². The van der Waals surface area contributed by atoms with Crippen LogP contribution in [0.1, 0.15) is 23.2 Å². The second-order valence-corrected chi connectivity index (χ2v) is 9.13. The molecule has 4 nitrogen and oxygen atoms in total. The molecule has 2 aromatic heterocycles. The van der Waals surface area contributed by atoms with E-state index in [4.69, 9.17) is 4.74 Å². The smallest absolute Gasteiger partial charge is 0.166 e. The summed E-state index contributed by atoms with van der Waals surface area (Å²) in [5.74, 6) is 2.73. The van der Waals surface area contributed by atoms with Crippen LogP contribution in [-0.4, -0.2) is 27.8 Å². The van der Waals surface area contributed by atoms with Crippen molar-refractivity contribution in [2.75, 3.05) is 12.9 Å². The molecule has 1 N–H and O–H groups in total. The average Bonchev–Trinajstić information content (AvgIpc) is 3.19. The molecule has 2 aromatic carbocycles. The van der Waals surface area contributed by atoms with Crippen molar-refractivity contribution in [3.63, 3.8) is 0 Å². The Morgan fingerprint density at radius 2 is 1.90 bits per heavy atom. The third-order valence-corrected chi connectivity index (χ3v) is 7.11. The molecule has 0 aliphatic heterocycles. The van der Waals surface area contributed by atoms with Crippen molar-refractivity contribution in [2.24, 2.45) is 0 Å². The van der Waals surface area contributed by atoms with Crippen LogP contribution in [0.2, 0.25) is 0 Å². The van der Waals surface area contributed by atoms with Gasteiger partial charge in [0.05, 0.1) is 23.8 Å². The highest BCUT2D eigenvalue weighted by molar-refractivity contribution is 7.99. The van der Waals surface area contributed by atoms with E-state index in [1.54, 1.807) is 18.9 Å². The molecule has 30 heavy (non-hydrogen) atoms. The molecule has 0 unspecified atom stereocenters. The van der Waals surface area contributed by atoms with Gasteiger partial charge in [-0.1, -0.05) is 42.1 Å². The Kier molecular flexibility index (Phi) is 6.97. The molecular weight excluding hydrogens is 410 g/mol. The zero-order chi connectivity index (χ0) is 20.8. The number of nitrogens with one attached hydrogen (secondary N) is 1. The van der Waals surface area contributed by atoms with Gasteiger partial charge in [0.25, 0.3) is 0 Å². The quantitative estimate of drug-likeness (QED) is 0.247. The van der Waals surface area contributed by atoms with Gasteiger partial charge in [0.15, 0.2) is 5.16 Å². The lowest BCUT2D eigenvalue weighted by Crippen LogP contribution is -1.95. The summed E-state index contributed by atoms with van der Waals surface area (Å²) in [6.07, 6.45) is 4.21. The number of imidazole rings is 1. The fourth-order valence-corrected chi connectivity index (χ4v) is 5.17. The summed E-state index contributed by atoms with van der Waals surface area (Å²) in [7, 11) is 1.67. The van der Waals surface area contributed by atoms with Crippen molar-refractivity contribution in [1.82, 2.24) is 15.0 Å². The summed E-state index contributed by atoms with van der Waals surface area (Å²) in [5.41, 5.74) is 5.73. The van der Waals surface area contributed by atoms with Gasteiger partial charge in [0.1, 0.15) is 5.75 Å². The van der Waals surface area contributed by atoms with E-state index in [1.807, 2.05) is 36.2 Å². The standard InChI is InChI=1S/C24H25N3OS2/c1-17-22(16-30-24-26-20-11-10-19(28-2)15-21(20)27-24)25-13-12-23(17)29-14-6-9-18-7-4-3-5-8-18/h3-5,7-8,10-13,15H,6,9,14,16H2,1-2H3,(H,26,27). The number of fused-ring (bicyclic) bond motifs is 1. The molecule has 2 heterocycles. The Morgan fingerprint density at radius 1 is 1.03 bits per heavy atom. The number of H-pyrrole nitrogens is 1. The number of methoxy groups -OCH3 is 1. The van der Waals surface area contributed by atoms with Crippen molar-refractivity contribution < 1.29 is 4.74 Å². The first-order valence-corrected chi connectivity index (χ1v) is 12.0. The topological polar surface area (TPSA) is 50.8 Å². The summed E-state index contributed by atoms with van der Waals surface area (Å²) < 4.78 is 5.29. The lowest BCUT2D eigenvalue weighted by atomic mass is 10.1. The number of thioether (sulfide) groups is 2. The highest BCUT2D eigenvalue weighted by Crippen LogP contribution is 2.29. The Morgan fingerprint density at radius 3 is 2.73 bits per heavy atom. The predicted octanol–water partition coefficient (Wildman–Crippen LogP) is 6.29. The minimum atomic E-state index is 0.793. The number of aromatic nitrogens is 3. The summed E-state index contributed by atoms with van der Waals surface area (Å²) in [6.45, 7) is 2.17. The molecule has 0 atom stereocenters. The number of aromatic amines is 1. The molecule has 0 amide bonds. The van der Waals surface area contributed by atoms with Gasteiger partial charge in [-0.05, 0) is 54.8 Å². The number of pyridine rings is 1. The number of aryl methyl sites for hydroxylation is 1. The second kappa shape index (κ2) is 10.0. The number of benzene rings is 2. The molecule has 4 rings (SSSR count). The third-order valence-electron chi connectivity index (χ3n) is 4.98. The van der Waals surface area contributed by atoms with Crippen molar-refractivity contribution in [3.05, 3.63) is 77.6 Å².